The van der Waals surface area contributed by atoms with Gasteiger partial charge in [-0.15, -0.1) is 0 Å². The van der Waals surface area contributed by atoms with Gasteiger partial charge in [-0.2, -0.15) is 0 Å². The third kappa shape index (κ3) is 4.32. The highest BCUT2D eigenvalue weighted by Gasteiger charge is 2.30. The van der Waals surface area contributed by atoms with E-state index in [-0.39, 0.29) is 24.1 Å². The zero-order chi connectivity index (χ0) is 15.3. The molecule has 21 heavy (non-hydrogen) atoms. The van der Waals surface area contributed by atoms with Crippen molar-refractivity contribution in [3.63, 3.8) is 0 Å². The summed E-state index contributed by atoms with van der Waals surface area (Å²) in [5.41, 5.74) is 6.52. The van der Waals surface area contributed by atoms with Crippen molar-refractivity contribution in [1.82, 2.24) is 5.32 Å². The standard InChI is InChI=1S/C17H22N2O2/c1-17(2)12-14(9-11-21-17)19-16(20)15-8-4-3-6-13(15)7-5-10-18/h3-4,6,8,14H,9-12,18H2,1-2H3,(H,19,20). The van der Waals surface area contributed by atoms with Crippen LogP contribution in [-0.4, -0.2) is 30.7 Å². The molecule has 2 rings (SSSR count). The predicted octanol–water partition coefficient (Wildman–Crippen LogP) is 1.68. The predicted molar refractivity (Wildman–Crippen MR) is 82.9 cm³/mol. The number of carbonyl (C=O) groups is 1. The number of amides is 1. The minimum atomic E-state index is -0.185. The van der Waals surface area contributed by atoms with Crippen LogP contribution < -0.4 is 11.1 Å². The Morgan fingerprint density at radius 3 is 2.95 bits per heavy atom. The van der Waals surface area contributed by atoms with Gasteiger partial charge in [-0.1, -0.05) is 24.0 Å². The molecule has 4 heteroatoms. The van der Waals surface area contributed by atoms with Crippen LogP contribution in [0.25, 0.3) is 0 Å². The van der Waals surface area contributed by atoms with E-state index in [0.717, 1.165) is 12.8 Å². The molecule has 3 N–H and O–H groups in total. The Morgan fingerprint density at radius 1 is 1.48 bits per heavy atom. The first-order chi connectivity index (χ1) is 10.0. The van der Waals surface area contributed by atoms with E-state index in [1.807, 2.05) is 32.0 Å². The van der Waals surface area contributed by atoms with Crippen molar-refractivity contribution in [3.8, 4) is 11.8 Å². The van der Waals surface area contributed by atoms with E-state index in [9.17, 15) is 4.79 Å². The SMILES string of the molecule is CC1(C)CC(NC(=O)c2ccccc2C#CCN)CCO1. The third-order valence-corrected chi connectivity index (χ3v) is 3.53. The maximum Gasteiger partial charge on any atom is 0.252 e. The molecule has 1 unspecified atom stereocenters. The number of rotatable bonds is 2. The van der Waals surface area contributed by atoms with Crippen molar-refractivity contribution < 1.29 is 9.53 Å². The normalized spacial score (nSPS) is 20.2. The molecule has 1 amide bonds. The highest BCUT2D eigenvalue weighted by Crippen LogP contribution is 2.24. The van der Waals surface area contributed by atoms with Gasteiger partial charge in [0, 0.05) is 18.2 Å². The van der Waals surface area contributed by atoms with E-state index >= 15 is 0 Å². The Hall–Kier alpha value is -1.83. The van der Waals surface area contributed by atoms with Crippen LogP contribution in [0.2, 0.25) is 0 Å². The minimum Gasteiger partial charge on any atom is -0.375 e. The summed E-state index contributed by atoms with van der Waals surface area (Å²) in [4.78, 5) is 12.5. The van der Waals surface area contributed by atoms with Gasteiger partial charge in [0.25, 0.3) is 5.91 Å². The third-order valence-electron chi connectivity index (χ3n) is 3.53. The number of hydrogen-bond donors (Lipinski definition) is 2. The van der Waals surface area contributed by atoms with Crippen LogP contribution >= 0.6 is 0 Å². The van der Waals surface area contributed by atoms with Gasteiger partial charge in [0.1, 0.15) is 0 Å². The molecule has 0 aromatic heterocycles. The highest BCUT2D eigenvalue weighted by molar-refractivity contribution is 5.96. The number of carbonyl (C=O) groups excluding carboxylic acids is 1. The van der Waals surface area contributed by atoms with Gasteiger partial charge in [-0.05, 0) is 38.8 Å². The molecule has 0 bridgehead atoms. The monoisotopic (exact) mass is 286 g/mol. The fourth-order valence-corrected chi connectivity index (χ4v) is 2.55. The molecule has 1 fully saturated rings. The lowest BCUT2D eigenvalue weighted by Gasteiger charge is -2.35. The Labute approximate surface area is 126 Å². The first kappa shape index (κ1) is 15.6. The highest BCUT2D eigenvalue weighted by atomic mass is 16.5. The molecule has 0 spiro atoms. The van der Waals surface area contributed by atoms with Crippen LogP contribution in [0.15, 0.2) is 24.3 Å². The molecule has 0 aliphatic carbocycles. The van der Waals surface area contributed by atoms with Gasteiger partial charge >= 0.3 is 0 Å². The molecule has 0 saturated carbocycles. The molecule has 1 aliphatic rings. The number of nitrogens with one attached hydrogen (secondary N) is 1. The molecule has 1 saturated heterocycles. The minimum absolute atomic E-state index is 0.0837. The number of benzene rings is 1. The number of ether oxygens (including phenoxy) is 1. The Balaban J connectivity index is 2.10. The summed E-state index contributed by atoms with van der Waals surface area (Å²) in [6.07, 6.45) is 1.65. The second-order valence-electron chi connectivity index (χ2n) is 5.82. The molecule has 0 radical (unpaired) electrons. The zero-order valence-electron chi connectivity index (χ0n) is 12.6. The second kappa shape index (κ2) is 6.75. The Kier molecular flexibility index (Phi) is 5.00. The summed E-state index contributed by atoms with van der Waals surface area (Å²) in [7, 11) is 0. The topological polar surface area (TPSA) is 64.4 Å². The van der Waals surface area contributed by atoms with Crippen LogP contribution in [-0.2, 0) is 4.74 Å². The average molecular weight is 286 g/mol. The number of nitrogens with two attached hydrogens (primary N) is 1. The van der Waals surface area contributed by atoms with Crippen LogP contribution in [0.4, 0.5) is 0 Å². The van der Waals surface area contributed by atoms with Gasteiger partial charge in [0.05, 0.1) is 17.7 Å². The van der Waals surface area contributed by atoms with E-state index in [0.29, 0.717) is 17.7 Å². The van der Waals surface area contributed by atoms with Crippen LogP contribution in [0, 0.1) is 11.8 Å². The fraction of sp³-hybridized carbons (Fsp3) is 0.471. The van der Waals surface area contributed by atoms with Gasteiger partial charge in [-0.25, -0.2) is 0 Å². The molecule has 1 heterocycles. The van der Waals surface area contributed by atoms with Gasteiger partial charge < -0.3 is 15.8 Å². The number of hydrogen-bond acceptors (Lipinski definition) is 3. The maximum atomic E-state index is 12.5. The molecular weight excluding hydrogens is 264 g/mol. The fourth-order valence-electron chi connectivity index (χ4n) is 2.55. The van der Waals surface area contributed by atoms with Crippen LogP contribution in [0.3, 0.4) is 0 Å². The van der Waals surface area contributed by atoms with Crippen LogP contribution in [0.1, 0.15) is 42.6 Å². The second-order valence-corrected chi connectivity index (χ2v) is 5.82. The first-order valence-corrected chi connectivity index (χ1v) is 7.24. The maximum absolute atomic E-state index is 12.5. The van der Waals surface area contributed by atoms with E-state index in [1.165, 1.54) is 0 Å². The van der Waals surface area contributed by atoms with Crippen molar-refractivity contribution in [2.24, 2.45) is 5.73 Å². The Morgan fingerprint density at radius 2 is 2.24 bits per heavy atom. The van der Waals surface area contributed by atoms with Crippen molar-refractivity contribution in [1.29, 1.82) is 0 Å². The quantitative estimate of drug-likeness (QED) is 0.813. The zero-order valence-corrected chi connectivity index (χ0v) is 12.6. The summed E-state index contributed by atoms with van der Waals surface area (Å²) in [6.45, 7) is 5.05. The molecule has 4 nitrogen and oxygen atoms in total. The molecule has 1 aromatic carbocycles. The van der Waals surface area contributed by atoms with Gasteiger partial charge in [0.2, 0.25) is 0 Å². The van der Waals surface area contributed by atoms with Gasteiger partial charge in [0.15, 0.2) is 0 Å². The summed E-state index contributed by atoms with van der Waals surface area (Å²) in [6, 6.07) is 7.48. The van der Waals surface area contributed by atoms with E-state index in [4.69, 9.17) is 10.5 Å². The van der Waals surface area contributed by atoms with Gasteiger partial charge in [-0.3, -0.25) is 4.79 Å². The lowest BCUT2D eigenvalue weighted by atomic mass is 9.93. The van der Waals surface area contributed by atoms with E-state index in [1.54, 1.807) is 6.07 Å². The molecule has 1 aromatic rings. The van der Waals surface area contributed by atoms with Crippen LogP contribution in [0.5, 0.6) is 0 Å². The molecule has 1 atom stereocenters. The summed E-state index contributed by atoms with van der Waals surface area (Å²) >= 11 is 0. The largest absolute Gasteiger partial charge is 0.375 e. The average Bonchev–Trinajstić information content (AvgIpc) is 2.44. The smallest absolute Gasteiger partial charge is 0.252 e. The molecule has 112 valence electrons. The van der Waals surface area contributed by atoms with Crippen molar-refractivity contribution in [2.75, 3.05) is 13.2 Å². The van der Waals surface area contributed by atoms with Crippen molar-refractivity contribution in [2.45, 2.75) is 38.3 Å². The summed E-state index contributed by atoms with van der Waals surface area (Å²) in [5, 5.41) is 3.09. The summed E-state index contributed by atoms with van der Waals surface area (Å²) < 4.78 is 5.67. The Bertz CT molecular complexity index is 570. The van der Waals surface area contributed by atoms with Crippen molar-refractivity contribution in [3.05, 3.63) is 35.4 Å². The van der Waals surface area contributed by atoms with Crippen molar-refractivity contribution >= 4 is 5.91 Å². The molecular formula is C17H22N2O2. The van der Waals surface area contributed by atoms with E-state index in [2.05, 4.69) is 17.2 Å². The summed E-state index contributed by atoms with van der Waals surface area (Å²) in [5.74, 6) is 5.66. The molecule has 1 aliphatic heterocycles. The lowest BCUT2D eigenvalue weighted by molar-refractivity contribution is -0.0615. The van der Waals surface area contributed by atoms with E-state index < -0.39 is 0 Å². The first-order valence-electron chi connectivity index (χ1n) is 7.24. The lowest BCUT2D eigenvalue weighted by Crippen LogP contribution is -2.45.